The second-order valence-corrected chi connectivity index (χ2v) is 6.36. The molecule has 0 saturated carbocycles. The number of carbonyl (C=O) groups excluding carboxylic acids is 1. The number of carbonyl (C=O) groups is 1. The third kappa shape index (κ3) is 3.43. The van der Waals surface area contributed by atoms with Gasteiger partial charge in [0.15, 0.2) is 5.69 Å². The molecular weight excluding hydrogens is 375 g/mol. The van der Waals surface area contributed by atoms with Gasteiger partial charge in [0.25, 0.3) is 5.91 Å². The Labute approximate surface area is 164 Å². The van der Waals surface area contributed by atoms with Crippen LogP contribution >= 0.6 is 0 Å². The fraction of sp³-hybridized carbons (Fsp3) is 0.0476. The molecule has 4 aromatic rings. The summed E-state index contributed by atoms with van der Waals surface area (Å²) < 4.78 is 13.5. The van der Waals surface area contributed by atoms with E-state index >= 15 is 0 Å². The third-order valence-corrected chi connectivity index (χ3v) is 4.45. The van der Waals surface area contributed by atoms with Gasteiger partial charge in [0.2, 0.25) is 5.88 Å². The Bertz CT molecular complexity index is 1280. The molecule has 0 fully saturated rings. The monoisotopic (exact) mass is 390 g/mol. The summed E-state index contributed by atoms with van der Waals surface area (Å²) in [5.41, 5.74) is 2.13. The number of aryl methyl sites for hydroxylation is 1. The maximum atomic E-state index is 13.5. The van der Waals surface area contributed by atoms with E-state index in [2.05, 4.69) is 20.2 Å². The van der Waals surface area contributed by atoms with Gasteiger partial charge >= 0.3 is 0 Å². The number of fused-ring (bicyclic) bond motifs is 1. The average molecular weight is 390 g/mol. The zero-order valence-corrected chi connectivity index (χ0v) is 15.2. The number of benzene rings is 2. The highest BCUT2D eigenvalue weighted by atomic mass is 19.1. The molecule has 0 spiro atoms. The van der Waals surface area contributed by atoms with Gasteiger partial charge < -0.3 is 15.2 Å². The van der Waals surface area contributed by atoms with Crippen LogP contribution < -0.4 is 0 Å². The van der Waals surface area contributed by atoms with Crippen molar-refractivity contribution in [3.8, 4) is 22.9 Å². The number of hydrogen-bond donors (Lipinski definition) is 3. The van der Waals surface area contributed by atoms with Crippen molar-refractivity contribution in [2.45, 2.75) is 6.92 Å². The van der Waals surface area contributed by atoms with E-state index in [1.807, 2.05) is 0 Å². The highest BCUT2D eigenvalue weighted by Crippen LogP contribution is 2.36. The fourth-order valence-electron chi connectivity index (χ4n) is 3.01. The number of para-hydroxylation sites is 1. The van der Waals surface area contributed by atoms with Crippen molar-refractivity contribution in [1.82, 2.24) is 9.97 Å². The lowest BCUT2D eigenvalue weighted by Gasteiger charge is -2.06. The number of rotatable bonds is 3. The molecule has 0 aliphatic rings. The van der Waals surface area contributed by atoms with E-state index in [0.29, 0.717) is 27.9 Å². The number of aromatic hydroxyl groups is 2. The van der Waals surface area contributed by atoms with Crippen molar-refractivity contribution >= 4 is 22.5 Å². The smallest absolute Gasteiger partial charge is 0.297 e. The first-order valence-electron chi connectivity index (χ1n) is 8.66. The lowest BCUT2D eigenvalue weighted by Crippen LogP contribution is -2.00. The maximum absolute atomic E-state index is 13.5. The van der Waals surface area contributed by atoms with Crippen LogP contribution in [0.1, 0.15) is 16.1 Å². The Kier molecular flexibility index (Phi) is 4.52. The van der Waals surface area contributed by atoms with Crippen molar-refractivity contribution in [1.29, 1.82) is 0 Å². The van der Waals surface area contributed by atoms with E-state index in [0.717, 1.165) is 0 Å². The van der Waals surface area contributed by atoms with Gasteiger partial charge in [0.05, 0.1) is 22.5 Å². The molecule has 0 saturated heterocycles. The minimum absolute atomic E-state index is 0.0238. The van der Waals surface area contributed by atoms with Crippen molar-refractivity contribution in [3.63, 3.8) is 0 Å². The minimum atomic E-state index is -0.663. The summed E-state index contributed by atoms with van der Waals surface area (Å²) in [7, 11) is 0. The van der Waals surface area contributed by atoms with Gasteiger partial charge in [-0.3, -0.25) is 9.78 Å². The SMILES string of the molecule is Cc1nc(-c2ccccc2O)ccc1C(=O)N=Nc1c(O)[nH]c2ccc(F)cc12. The minimum Gasteiger partial charge on any atom is -0.507 e. The molecule has 2 heterocycles. The number of azo groups is 1. The lowest BCUT2D eigenvalue weighted by molar-refractivity contribution is 0.0994. The van der Waals surface area contributed by atoms with Crippen LogP contribution in [0.25, 0.3) is 22.2 Å². The van der Waals surface area contributed by atoms with E-state index in [9.17, 15) is 19.4 Å². The molecule has 2 aromatic heterocycles. The van der Waals surface area contributed by atoms with Crippen LogP contribution in [-0.2, 0) is 0 Å². The summed E-state index contributed by atoms with van der Waals surface area (Å²) in [5, 5.41) is 27.7. The predicted octanol–water partition coefficient (Wildman–Crippen LogP) is 5.01. The standard InChI is InChI=1S/C21H15FN4O3/c1-11-13(7-9-16(23-11)14-4-2-3-5-18(14)27)20(28)26-25-19-15-10-12(22)6-8-17(15)24-21(19)29/h2-10,24,27,29H,1H3. The molecule has 144 valence electrons. The average Bonchev–Trinajstić information content (AvgIpc) is 3.00. The summed E-state index contributed by atoms with van der Waals surface area (Å²) in [5.74, 6) is -1.39. The Morgan fingerprint density at radius 2 is 1.90 bits per heavy atom. The Balaban J connectivity index is 1.65. The predicted molar refractivity (Wildman–Crippen MR) is 105 cm³/mol. The first kappa shape index (κ1) is 18.3. The molecule has 4 rings (SSSR count). The van der Waals surface area contributed by atoms with Crippen LogP contribution in [0.3, 0.4) is 0 Å². The number of hydrogen-bond acceptors (Lipinski definition) is 5. The molecule has 0 aliphatic heterocycles. The van der Waals surface area contributed by atoms with Gasteiger partial charge in [0.1, 0.15) is 11.6 Å². The number of halogens is 1. The number of amides is 1. The van der Waals surface area contributed by atoms with Crippen molar-refractivity contribution < 1.29 is 19.4 Å². The van der Waals surface area contributed by atoms with Crippen LogP contribution in [0.5, 0.6) is 11.6 Å². The van der Waals surface area contributed by atoms with E-state index in [4.69, 9.17) is 0 Å². The first-order valence-corrected chi connectivity index (χ1v) is 8.66. The maximum Gasteiger partial charge on any atom is 0.297 e. The van der Waals surface area contributed by atoms with Crippen LogP contribution in [0.2, 0.25) is 0 Å². The number of aromatic amines is 1. The van der Waals surface area contributed by atoms with Crippen LogP contribution in [-0.4, -0.2) is 26.1 Å². The van der Waals surface area contributed by atoms with Gasteiger partial charge in [-0.25, -0.2) is 4.39 Å². The molecule has 29 heavy (non-hydrogen) atoms. The normalized spacial score (nSPS) is 11.4. The Morgan fingerprint density at radius 3 is 2.66 bits per heavy atom. The van der Waals surface area contributed by atoms with E-state index in [1.54, 1.807) is 43.3 Å². The molecule has 0 aliphatic carbocycles. The largest absolute Gasteiger partial charge is 0.507 e. The molecule has 0 radical (unpaired) electrons. The van der Waals surface area contributed by atoms with Gasteiger partial charge in [-0.15, -0.1) is 10.2 Å². The third-order valence-electron chi connectivity index (χ3n) is 4.45. The Morgan fingerprint density at radius 1 is 1.10 bits per heavy atom. The molecule has 0 atom stereocenters. The second kappa shape index (κ2) is 7.16. The van der Waals surface area contributed by atoms with Gasteiger partial charge in [-0.05, 0) is 49.4 Å². The topological polar surface area (TPSA) is 111 Å². The van der Waals surface area contributed by atoms with Gasteiger partial charge in [0, 0.05) is 10.9 Å². The zero-order valence-electron chi connectivity index (χ0n) is 15.2. The number of phenolic OH excluding ortho intramolecular Hbond substituents is 1. The van der Waals surface area contributed by atoms with Crippen molar-refractivity contribution in [2.24, 2.45) is 10.2 Å². The molecule has 3 N–H and O–H groups in total. The number of nitrogens with one attached hydrogen (secondary N) is 1. The molecule has 0 unspecified atom stereocenters. The first-order chi connectivity index (χ1) is 13.9. The number of H-pyrrole nitrogens is 1. The van der Waals surface area contributed by atoms with Crippen LogP contribution in [0, 0.1) is 12.7 Å². The molecule has 7 nitrogen and oxygen atoms in total. The highest BCUT2D eigenvalue weighted by Gasteiger charge is 2.15. The second-order valence-electron chi connectivity index (χ2n) is 6.36. The van der Waals surface area contributed by atoms with Gasteiger partial charge in [-0.1, -0.05) is 12.1 Å². The van der Waals surface area contributed by atoms with Gasteiger partial charge in [-0.2, -0.15) is 0 Å². The quantitative estimate of drug-likeness (QED) is 0.427. The summed E-state index contributed by atoms with van der Waals surface area (Å²) in [6.45, 7) is 1.64. The fourth-order valence-corrected chi connectivity index (χ4v) is 3.01. The van der Waals surface area contributed by atoms with Crippen LogP contribution in [0.15, 0.2) is 64.8 Å². The highest BCUT2D eigenvalue weighted by molar-refractivity contribution is 5.97. The summed E-state index contributed by atoms with van der Waals surface area (Å²) in [6.07, 6.45) is 0. The molecule has 2 aromatic carbocycles. The Hall–Kier alpha value is -4.07. The summed E-state index contributed by atoms with van der Waals surface area (Å²) in [6, 6.07) is 13.8. The van der Waals surface area contributed by atoms with Crippen molar-refractivity contribution in [2.75, 3.05) is 0 Å². The summed E-state index contributed by atoms with van der Waals surface area (Å²) in [4.78, 5) is 19.5. The molecular formula is C21H15FN4O3. The molecule has 1 amide bonds. The van der Waals surface area contributed by atoms with E-state index < -0.39 is 11.7 Å². The number of phenols is 1. The molecule has 0 bridgehead atoms. The molecule has 8 heteroatoms. The zero-order chi connectivity index (χ0) is 20.5. The van der Waals surface area contributed by atoms with E-state index in [-0.39, 0.29) is 22.9 Å². The number of aromatic nitrogens is 2. The van der Waals surface area contributed by atoms with Crippen molar-refractivity contribution in [3.05, 3.63) is 71.7 Å². The number of pyridine rings is 1. The van der Waals surface area contributed by atoms with Crippen LogP contribution in [0.4, 0.5) is 10.1 Å². The summed E-state index contributed by atoms with van der Waals surface area (Å²) >= 11 is 0. The number of nitrogens with zero attached hydrogens (tertiary/aromatic N) is 3. The lowest BCUT2D eigenvalue weighted by atomic mass is 10.1. The van der Waals surface area contributed by atoms with E-state index in [1.165, 1.54) is 18.2 Å².